The van der Waals surface area contributed by atoms with E-state index in [9.17, 15) is 0 Å². The Morgan fingerprint density at radius 2 is 0.888 bits per heavy atom. The van der Waals surface area contributed by atoms with Gasteiger partial charge in [-0.1, -0.05) is 237 Å². The minimum absolute atomic E-state index is 0.242. The van der Waals surface area contributed by atoms with Crippen molar-refractivity contribution in [2.45, 2.75) is 31.5 Å². The third-order valence-electron chi connectivity index (χ3n) is 22.8. The van der Waals surface area contributed by atoms with Crippen LogP contribution in [0.4, 0.5) is 41.6 Å². The average Bonchev–Trinajstić information content (AvgIpc) is 1.53. The van der Waals surface area contributed by atoms with E-state index in [1.807, 2.05) is 0 Å². The van der Waals surface area contributed by atoms with Gasteiger partial charge in [-0.05, 0) is 227 Å². The van der Waals surface area contributed by atoms with Crippen LogP contribution in [0.5, 0.6) is 0 Å². The lowest BCUT2D eigenvalue weighted by Crippen LogP contribution is -2.40. The second kappa shape index (κ2) is 24.0. The molecule has 8 heteroatoms. The quantitative estimate of drug-likeness (QED) is 0.128. The number of aromatic nitrogens is 1. The molecule has 4 aliphatic carbocycles. The Kier molecular flexibility index (Phi) is 13.9. The van der Waals surface area contributed by atoms with Gasteiger partial charge in [0, 0.05) is 73.9 Å². The smallest absolute Gasteiger partial charge is 0.333 e. The Hall–Kier alpha value is -12.6. The molecule has 0 radical (unpaired) electrons. The molecule has 506 valence electrons. The van der Waals surface area contributed by atoms with E-state index in [0.29, 0.717) is 12.1 Å². The van der Waals surface area contributed by atoms with Crippen molar-refractivity contribution >= 4 is 147 Å². The molecule has 3 aromatic heterocycles. The van der Waals surface area contributed by atoms with E-state index in [0.717, 1.165) is 153 Å². The third kappa shape index (κ3) is 9.72. The Balaban J connectivity index is 0.902. The number of halogens is 3. The average molecular weight is 1410 g/mol. The topological polar surface area (TPSA) is 11.4 Å². The molecule has 0 aliphatic heterocycles. The first kappa shape index (κ1) is 61.8. The Morgan fingerprint density at radius 3 is 1.49 bits per heavy atom. The Labute approximate surface area is 623 Å². The molecule has 1 atom stereocenters. The molecular formula is C99H62F3N3S2. The second-order valence-electron chi connectivity index (χ2n) is 28.7. The van der Waals surface area contributed by atoms with Crippen molar-refractivity contribution in [3.8, 4) is 61.3 Å². The minimum atomic E-state index is -4.58. The molecule has 0 saturated heterocycles. The van der Waals surface area contributed by atoms with Gasteiger partial charge >= 0.3 is 6.18 Å². The Bertz CT molecular complexity index is 6890. The monoisotopic (exact) mass is 1410 g/mol. The number of allylic oxidation sites excluding steroid dienone is 4. The molecule has 18 aromatic rings. The number of anilines is 5. The van der Waals surface area contributed by atoms with Crippen LogP contribution in [-0.2, 0) is 6.18 Å². The normalized spacial score (nSPS) is 14.3. The third-order valence-corrected chi connectivity index (χ3v) is 25.1. The van der Waals surface area contributed by atoms with Crippen molar-refractivity contribution in [1.29, 1.82) is 0 Å². The predicted molar refractivity (Wildman–Crippen MR) is 446 cm³/mol. The van der Waals surface area contributed by atoms with Gasteiger partial charge in [0.15, 0.2) is 0 Å². The van der Waals surface area contributed by atoms with E-state index < -0.39 is 11.7 Å². The molecule has 0 spiro atoms. The van der Waals surface area contributed by atoms with Crippen molar-refractivity contribution < 1.29 is 13.2 Å². The molecular weight excluding hydrogens is 1350 g/mol. The van der Waals surface area contributed by atoms with Crippen LogP contribution < -0.4 is 20.2 Å². The number of thiophene rings is 2. The van der Waals surface area contributed by atoms with Gasteiger partial charge in [-0.15, -0.1) is 22.7 Å². The maximum Gasteiger partial charge on any atom is 0.416 e. The van der Waals surface area contributed by atoms with Gasteiger partial charge < -0.3 is 14.4 Å². The van der Waals surface area contributed by atoms with E-state index in [2.05, 4.69) is 324 Å². The van der Waals surface area contributed by atoms with Crippen LogP contribution in [-0.4, -0.2) is 10.6 Å². The zero-order chi connectivity index (χ0) is 70.8. The molecule has 15 aromatic carbocycles. The van der Waals surface area contributed by atoms with E-state index in [-0.39, 0.29) is 6.04 Å². The highest BCUT2D eigenvalue weighted by molar-refractivity contribution is 7.28. The van der Waals surface area contributed by atoms with Gasteiger partial charge in [0.05, 0.1) is 34.0 Å². The fourth-order valence-corrected chi connectivity index (χ4v) is 20.7. The van der Waals surface area contributed by atoms with Gasteiger partial charge in [-0.2, -0.15) is 13.2 Å². The summed E-state index contributed by atoms with van der Waals surface area (Å²) in [4.78, 5) is 5.14. The summed E-state index contributed by atoms with van der Waals surface area (Å²) < 4.78 is 52.6. The van der Waals surface area contributed by atoms with Crippen LogP contribution in [0.2, 0.25) is 0 Å². The fraction of sp³-hybridized carbons (Fsp3) is 0.0505. The van der Waals surface area contributed by atoms with Crippen LogP contribution in [0.15, 0.2) is 328 Å². The molecule has 4 aliphatic rings. The van der Waals surface area contributed by atoms with E-state index >= 15 is 13.2 Å². The Morgan fingerprint density at radius 1 is 0.383 bits per heavy atom. The zero-order valence-electron chi connectivity index (χ0n) is 57.7. The molecule has 0 bridgehead atoms. The summed E-state index contributed by atoms with van der Waals surface area (Å²) in [5.41, 5.74) is 25.5. The number of hydrogen-bond donors (Lipinski definition) is 0. The first-order valence-corrected chi connectivity index (χ1v) is 38.3. The lowest BCUT2D eigenvalue weighted by molar-refractivity contribution is -0.137. The van der Waals surface area contributed by atoms with Gasteiger partial charge in [0.2, 0.25) is 0 Å². The molecule has 3 nitrogen and oxygen atoms in total. The van der Waals surface area contributed by atoms with E-state index in [4.69, 9.17) is 0 Å². The molecule has 0 amide bonds. The first-order chi connectivity index (χ1) is 52.7. The maximum atomic E-state index is 15.3. The van der Waals surface area contributed by atoms with Crippen molar-refractivity contribution in [2.24, 2.45) is 0 Å². The summed E-state index contributed by atoms with van der Waals surface area (Å²) >= 11 is 3.60. The minimum Gasteiger partial charge on any atom is -0.333 e. The molecule has 0 saturated carbocycles. The molecule has 0 fully saturated rings. The van der Waals surface area contributed by atoms with Crippen LogP contribution in [0.3, 0.4) is 0 Å². The molecule has 0 N–H and O–H groups in total. The molecule has 22 rings (SSSR count). The number of fused-ring (bicyclic) bond motifs is 16. The predicted octanol–water partition coefficient (Wildman–Crippen LogP) is 27.0. The number of benzene rings is 15. The molecule has 1 unspecified atom stereocenters. The van der Waals surface area contributed by atoms with Gasteiger partial charge in [0.1, 0.15) is 0 Å². The van der Waals surface area contributed by atoms with E-state index in [1.165, 1.54) is 72.5 Å². The summed E-state index contributed by atoms with van der Waals surface area (Å²) in [6.07, 6.45) is 5.15. The summed E-state index contributed by atoms with van der Waals surface area (Å²) in [5.74, 6) is 0. The fourth-order valence-electron chi connectivity index (χ4n) is 18.2. The van der Waals surface area contributed by atoms with Crippen LogP contribution >= 0.6 is 22.7 Å². The van der Waals surface area contributed by atoms with Gasteiger partial charge in [0.25, 0.3) is 0 Å². The largest absolute Gasteiger partial charge is 0.416 e. The molecule has 3 heterocycles. The van der Waals surface area contributed by atoms with Crippen LogP contribution in [0.25, 0.3) is 157 Å². The summed E-state index contributed by atoms with van der Waals surface area (Å²) in [6.45, 7) is 0. The highest BCUT2D eigenvalue weighted by Crippen LogP contribution is 2.58. The maximum absolute atomic E-state index is 15.3. The number of hydrogen-bond acceptors (Lipinski definition) is 4. The summed E-state index contributed by atoms with van der Waals surface area (Å²) in [7, 11) is 0. The van der Waals surface area contributed by atoms with E-state index in [1.54, 1.807) is 34.8 Å². The summed E-state index contributed by atoms with van der Waals surface area (Å²) in [5, 5.41) is 11.5. The standard InChI is InChI=1S/C99H62F3N3S2/c100-99(101,102)69-43-45-70(46-44-69)105-87-57-85(103(73-49-63-31-21-39-79-75-33-13-15-35-77(75)83(55-73)91(63)79)71-51-65(59-23-5-1-6-24-59)47-66(52-71)60-25-7-2-8-26-60)93-81-37-17-19-41-89(81)106-97(93)95(87)96-88(105)58-86(94-82-38-18-20-42-90(82)107-98(94)96)104(74-50-64-32-22-40-80-76-34-14-16-36-78(76)84(56-74)92(64)80)72-53-67(61-27-9-3-10-28-61)48-68(54-72)62-29-11-4-12-30-62/h1-15,17-35,37-54,56-58,73H,16,36,55H2. The lowest BCUT2D eigenvalue weighted by Gasteiger charge is -2.35. The zero-order valence-corrected chi connectivity index (χ0v) is 59.4. The number of nitrogens with zero attached hydrogens (tertiary/aromatic N) is 3. The molecule has 107 heavy (non-hydrogen) atoms. The van der Waals surface area contributed by atoms with Crippen molar-refractivity contribution in [1.82, 2.24) is 4.57 Å². The lowest BCUT2D eigenvalue weighted by atomic mass is 9.91. The van der Waals surface area contributed by atoms with Crippen molar-refractivity contribution in [3.05, 3.63) is 360 Å². The number of alkyl halides is 3. The number of rotatable bonds is 11. The SMILES string of the molecule is FC(F)(F)c1ccc(-n2c3cc(N(c4cc(-c5ccccc5)cc(-c5ccccc5)c4)c4cc5c6c(cccc6c4)C4=C5CCC=C4)c4c5ccccc5sc4c3c3c4sc5ccccc5c4c(N(c4cc(-c5ccccc5)cc(-c5ccccc5)c4)C4C=c5cccc6c5=C(C4)c4ccccc4-6)cc32)cc1. The van der Waals surface area contributed by atoms with Gasteiger partial charge in [-0.3, -0.25) is 0 Å². The highest BCUT2D eigenvalue weighted by Gasteiger charge is 2.36. The van der Waals surface area contributed by atoms with Gasteiger partial charge in [-0.25, -0.2) is 0 Å². The highest BCUT2D eigenvalue weighted by atomic mass is 32.1. The summed E-state index contributed by atoms with van der Waals surface area (Å²) in [6, 6.07) is 112. The van der Waals surface area contributed by atoms with Crippen molar-refractivity contribution in [3.63, 3.8) is 0 Å². The second-order valence-corrected chi connectivity index (χ2v) is 30.8. The van der Waals surface area contributed by atoms with Crippen molar-refractivity contribution in [2.75, 3.05) is 9.80 Å². The van der Waals surface area contributed by atoms with Crippen LogP contribution in [0.1, 0.15) is 41.5 Å². The first-order valence-electron chi connectivity index (χ1n) is 36.7. The van der Waals surface area contributed by atoms with Crippen LogP contribution in [0, 0.1) is 0 Å².